The van der Waals surface area contributed by atoms with Crippen molar-refractivity contribution < 1.29 is 4.79 Å². The molecule has 0 spiro atoms. The lowest BCUT2D eigenvalue weighted by molar-refractivity contribution is -0.128. The summed E-state index contributed by atoms with van der Waals surface area (Å²) in [5, 5.41) is 5.87. The maximum atomic E-state index is 11.8. The molecule has 1 aromatic heterocycles. The smallest absolute Gasteiger partial charge is 0.227 e. The molecule has 1 amide bonds. The Morgan fingerprint density at radius 3 is 2.40 bits per heavy atom. The fourth-order valence-electron chi connectivity index (χ4n) is 1.76. The largest absolute Gasteiger partial charge is 0.369 e. The van der Waals surface area contributed by atoms with Gasteiger partial charge in [0.05, 0.1) is 5.41 Å². The average molecular weight is 280 g/mol. The molecular weight excluding hydrogens is 256 g/mol. The molecule has 7 nitrogen and oxygen atoms in total. The first-order chi connectivity index (χ1) is 9.35. The first-order valence-corrected chi connectivity index (χ1v) is 6.65. The normalized spacial score (nSPS) is 11.1. The van der Waals surface area contributed by atoms with Gasteiger partial charge in [0.2, 0.25) is 5.91 Å². The van der Waals surface area contributed by atoms with Gasteiger partial charge < -0.3 is 16.1 Å². The number of nitrogens with zero attached hydrogens (tertiary/aromatic N) is 2. The number of nitrogens with one attached hydrogen (secondary N) is 3. The van der Waals surface area contributed by atoms with Crippen LogP contribution in [0.4, 0.5) is 11.6 Å². The number of nitrogen functional groups attached to an aromatic ring is 1. The van der Waals surface area contributed by atoms with Gasteiger partial charge >= 0.3 is 0 Å². The van der Waals surface area contributed by atoms with Gasteiger partial charge in [0.1, 0.15) is 17.5 Å². The minimum atomic E-state index is -0.533. The zero-order valence-corrected chi connectivity index (χ0v) is 12.8. The Labute approximate surface area is 119 Å². The Morgan fingerprint density at radius 1 is 1.30 bits per heavy atom. The summed E-state index contributed by atoms with van der Waals surface area (Å²) in [5.74, 6) is 7.43. The summed E-state index contributed by atoms with van der Waals surface area (Å²) in [6.07, 6.45) is 0.711. The molecule has 0 aromatic carbocycles. The van der Waals surface area contributed by atoms with E-state index in [1.165, 1.54) is 0 Å². The van der Waals surface area contributed by atoms with Crippen LogP contribution in [-0.2, 0) is 11.2 Å². The van der Waals surface area contributed by atoms with Gasteiger partial charge in [-0.15, -0.1) is 0 Å². The molecule has 0 fully saturated rings. The van der Waals surface area contributed by atoms with Crippen LogP contribution < -0.4 is 21.9 Å². The summed E-state index contributed by atoms with van der Waals surface area (Å²) < 4.78 is 0. The Morgan fingerprint density at radius 2 is 1.90 bits per heavy atom. The number of rotatable bonds is 6. The summed E-state index contributed by atoms with van der Waals surface area (Å²) >= 11 is 0. The number of amides is 1. The third kappa shape index (κ3) is 3.57. The lowest BCUT2D eigenvalue weighted by Crippen LogP contribution is -2.39. The van der Waals surface area contributed by atoms with Crippen LogP contribution in [0, 0.1) is 12.3 Å². The molecule has 0 atom stereocenters. The number of carbonyl (C=O) groups excluding carboxylic acids is 1. The predicted molar refractivity (Wildman–Crippen MR) is 80.3 cm³/mol. The average Bonchev–Trinajstić information content (AvgIpc) is 2.45. The summed E-state index contributed by atoms with van der Waals surface area (Å²) in [4.78, 5) is 20.5. The van der Waals surface area contributed by atoms with Crippen LogP contribution in [0.2, 0.25) is 0 Å². The first kappa shape index (κ1) is 16.2. The lowest BCUT2D eigenvalue weighted by atomic mass is 9.92. The zero-order chi connectivity index (χ0) is 15.3. The van der Waals surface area contributed by atoms with Crippen LogP contribution in [0.3, 0.4) is 0 Å². The van der Waals surface area contributed by atoms with Gasteiger partial charge in [0.25, 0.3) is 0 Å². The molecule has 7 heteroatoms. The highest BCUT2D eigenvalue weighted by molar-refractivity contribution is 5.82. The van der Waals surface area contributed by atoms with Crippen LogP contribution >= 0.6 is 0 Å². The number of aryl methyl sites for hydroxylation is 1. The van der Waals surface area contributed by atoms with Gasteiger partial charge in [-0.05, 0) is 20.8 Å². The Kier molecular flexibility index (Phi) is 5.26. The standard InChI is InChI=1S/C13H24N6O/c1-6-9-17-10(8(2)11(18-9)19-14)16-7-13(3,4)12(20)15-5/h6-7,14H2,1-5H3,(H,15,20)(H2,16,17,18,19). The fourth-order valence-corrected chi connectivity index (χ4v) is 1.76. The molecule has 0 saturated heterocycles. The molecule has 5 N–H and O–H groups in total. The molecule has 1 rings (SSSR count). The van der Waals surface area contributed by atoms with Gasteiger partial charge in [-0.25, -0.2) is 15.8 Å². The lowest BCUT2D eigenvalue weighted by Gasteiger charge is -2.24. The third-order valence-corrected chi connectivity index (χ3v) is 3.18. The van der Waals surface area contributed by atoms with E-state index in [0.29, 0.717) is 30.4 Å². The second-order valence-corrected chi connectivity index (χ2v) is 5.28. The zero-order valence-electron chi connectivity index (χ0n) is 12.8. The van der Waals surface area contributed by atoms with E-state index in [1.54, 1.807) is 7.05 Å². The molecule has 0 aliphatic heterocycles. The topological polar surface area (TPSA) is 105 Å². The number of hydrogen-bond acceptors (Lipinski definition) is 6. The summed E-state index contributed by atoms with van der Waals surface area (Å²) in [5.41, 5.74) is 2.87. The highest BCUT2D eigenvalue weighted by Gasteiger charge is 2.26. The van der Waals surface area contributed by atoms with Crippen LogP contribution in [0.25, 0.3) is 0 Å². The quantitative estimate of drug-likeness (QED) is 0.454. The molecule has 0 saturated carbocycles. The van der Waals surface area contributed by atoms with E-state index >= 15 is 0 Å². The van der Waals surface area contributed by atoms with Crippen LogP contribution in [0.15, 0.2) is 0 Å². The maximum absolute atomic E-state index is 11.8. The van der Waals surface area contributed by atoms with E-state index in [4.69, 9.17) is 5.84 Å². The Bertz CT molecular complexity index is 486. The number of nitrogens with two attached hydrogens (primary N) is 1. The second-order valence-electron chi connectivity index (χ2n) is 5.28. The molecular formula is C13H24N6O. The SMILES string of the molecule is CCc1nc(NN)c(C)c(NCC(C)(C)C(=O)NC)n1. The third-order valence-electron chi connectivity index (χ3n) is 3.18. The second kappa shape index (κ2) is 6.51. The molecule has 20 heavy (non-hydrogen) atoms. The van der Waals surface area contributed by atoms with Crippen molar-refractivity contribution in [2.24, 2.45) is 11.3 Å². The monoisotopic (exact) mass is 280 g/mol. The van der Waals surface area contributed by atoms with E-state index in [0.717, 1.165) is 5.56 Å². The van der Waals surface area contributed by atoms with E-state index in [1.807, 2.05) is 27.7 Å². The van der Waals surface area contributed by atoms with Gasteiger partial charge in [-0.1, -0.05) is 6.92 Å². The van der Waals surface area contributed by atoms with Crippen molar-refractivity contribution >= 4 is 17.5 Å². The van der Waals surface area contributed by atoms with E-state index in [-0.39, 0.29) is 5.91 Å². The van der Waals surface area contributed by atoms with Crippen molar-refractivity contribution in [2.45, 2.75) is 34.1 Å². The summed E-state index contributed by atoms with van der Waals surface area (Å²) in [7, 11) is 1.63. The van der Waals surface area contributed by atoms with Crippen LogP contribution in [-0.4, -0.2) is 29.5 Å². The number of hydrazine groups is 1. The predicted octanol–water partition coefficient (Wildman–Crippen LogP) is 0.817. The van der Waals surface area contributed by atoms with Crippen molar-refractivity contribution in [2.75, 3.05) is 24.3 Å². The van der Waals surface area contributed by atoms with E-state index < -0.39 is 5.41 Å². The highest BCUT2D eigenvalue weighted by Crippen LogP contribution is 2.22. The van der Waals surface area contributed by atoms with Crippen molar-refractivity contribution in [1.29, 1.82) is 0 Å². The van der Waals surface area contributed by atoms with Gasteiger partial charge in [-0.3, -0.25) is 4.79 Å². The van der Waals surface area contributed by atoms with Crippen LogP contribution in [0.5, 0.6) is 0 Å². The van der Waals surface area contributed by atoms with Crippen molar-refractivity contribution in [3.8, 4) is 0 Å². The number of aromatic nitrogens is 2. The van der Waals surface area contributed by atoms with Crippen molar-refractivity contribution in [3.05, 3.63) is 11.4 Å². The molecule has 112 valence electrons. The number of carbonyl (C=O) groups is 1. The maximum Gasteiger partial charge on any atom is 0.227 e. The minimum absolute atomic E-state index is 0.0235. The van der Waals surface area contributed by atoms with Crippen molar-refractivity contribution in [1.82, 2.24) is 15.3 Å². The van der Waals surface area contributed by atoms with Gasteiger partial charge in [0.15, 0.2) is 0 Å². The molecule has 1 aromatic rings. The van der Waals surface area contributed by atoms with E-state index in [9.17, 15) is 4.79 Å². The molecule has 0 aliphatic rings. The molecule has 1 heterocycles. The fraction of sp³-hybridized carbons (Fsp3) is 0.615. The summed E-state index contributed by atoms with van der Waals surface area (Å²) in [6.45, 7) is 8.07. The minimum Gasteiger partial charge on any atom is -0.369 e. The molecule has 0 radical (unpaired) electrons. The van der Waals surface area contributed by atoms with Gasteiger partial charge in [0, 0.05) is 25.6 Å². The molecule has 0 unspecified atom stereocenters. The van der Waals surface area contributed by atoms with Crippen molar-refractivity contribution in [3.63, 3.8) is 0 Å². The molecule has 0 aliphatic carbocycles. The molecule has 0 bridgehead atoms. The summed E-state index contributed by atoms with van der Waals surface area (Å²) in [6, 6.07) is 0. The number of hydrogen-bond donors (Lipinski definition) is 4. The van der Waals surface area contributed by atoms with Crippen LogP contribution in [0.1, 0.15) is 32.2 Å². The number of anilines is 2. The van der Waals surface area contributed by atoms with Gasteiger partial charge in [-0.2, -0.15) is 0 Å². The highest BCUT2D eigenvalue weighted by atomic mass is 16.2. The Balaban J connectivity index is 2.95. The van der Waals surface area contributed by atoms with E-state index in [2.05, 4.69) is 26.0 Å². The first-order valence-electron chi connectivity index (χ1n) is 6.65. The Hall–Kier alpha value is -1.89.